The lowest BCUT2D eigenvalue weighted by Crippen LogP contribution is -2.40. The van der Waals surface area contributed by atoms with Gasteiger partial charge in [0.1, 0.15) is 11.6 Å². The number of alkyl halides is 3. The second kappa shape index (κ2) is 7.04. The molecule has 0 unspecified atom stereocenters. The number of hydrogen-bond acceptors (Lipinski definition) is 2. The second-order valence-electron chi connectivity index (χ2n) is 5.19. The van der Waals surface area contributed by atoms with Crippen LogP contribution < -0.4 is 5.32 Å². The molecule has 0 aliphatic carbocycles. The van der Waals surface area contributed by atoms with Gasteiger partial charge in [-0.1, -0.05) is 19.9 Å². The first-order chi connectivity index (χ1) is 10.0. The highest BCUT2D eigenvalue weighted by molar-refractivity contribution is 5.77. The molecule has 2 N–H and O–H groups in total. The fraction of sp³-hybridized carbons (Fsp3) is 0.500. The maximum Gasteiger partial charge on any atom is 0.413 e. The minimum Gasteiger partial charge on any atom is -0.392 e. The molecule has 0 spiro atoms. The van der Waals surface area contributed by atoms with Crippen LogP contribution in [0, 0.1) is 17.6 Å². The zero-order valence-electron chi connectivity index (χ0n) is 11.9. The lowest BCUT2D eigenvalue weighted by Gasteiger charge is -2.24. The van der Waals surface area contributed by atoms with Crippen LogP contribution in [0.1, 0.15) is 31.9 Å². The number of rotatable bonds is 5. The van der Waals surface area contributed by atoms with Crippen molar-refractivity contribution in [1.29, 1.82) is 0 Å². The Bertz CT molecular complexity index is 510. The number of amides is 1. The minimum absolute atomic E-state index is 0.347. The van der Waals surface area contributed by atoms with E-state index in [4.69, 9.17) is 0 Å². The predicted molar refractivity (Wildman–Crippen MR) is 68.8 cm³/mol. The molecule has 0 heterocycles. The molecule has 8 heteroatoms. The summed E-state index contributed by atoms with van der Waals surface area (Å²) in [6.07, 6.45) is -6.83. The summed E-state index contributed by atoms with van der Waals surface area (Å²) in [7, 11) is 0. The molecule has 1 aromatic carbocycles. The quantitative estimate of drug-likeness (QED) is 0.818. The van der Waals surface area contributed by atoms with Gasteiger partial charge in [-0.15, -0.1) is 0 Å². The van der Waals surface area contributed by atoms with Crippen LogP contribution in [0.2, 0.25) is 0 Å². The maximum absolute atomic E-state index is 13.5. The largest absolute Gasteiger partial charge is 0.413 e. The summed E-state index contributed by atoms with van der Waals surface area (Å²) in [6, 6.07) is -0.551. The molecule has 0 fully saturated rings. The normalized spacial score (nSPS) is 14.8. The zero-order chi connectivity index (χ0) is 17.1. The molecule has 0 saturated carbocycles. The Morgan fingerprint density at radius 1 is 1.23 bits per heavy atom. The van der Waals surface area contributed by atoms with E-state index in [1.54, 1.807) is 13.8 Å². The van der Waals surface area contributed by atoms with E-state index in [-0.39, 0.29) is 5.92 Å². The molecular weight excluding hydrogens is 309 g/mol. The second-order valence-corrected chi connectivity index (χ2v) is 5.19. The summed E-state index contributed by atoms with van der Waals surface area (Å²) in [6.45, 7) is 3.16. The van der Waals surface area contributed by atoms with Crippen LogP contribution in [0.3, 0.4) is 0 Å². The molecule has 1 rings (SSSR count). The highest BCUT2D eigenvalue weighted by Gasteiger charge is 2.44. The standard InChI is InChI=1S/C14H16F5NO2/c1-7(2)10(21)6-11(22)20-13(14(17,18)19)12-8(15)4-3-5-9(12)16/h3-5,7,10,13,21H,6H2,1-2H3,(H,20,22)/t10-,13-/m1/s1. The average Bonchev–Trinajstić information content (AvgIpc) is 2.35. The highest BCUT2D eigenvalue weighted by Crippen LogP contribution is 2.35. The van der Waals surface area contributed by atoms with Crippen molar-refractivity contribution in [2.75, 3.05) is 0 Å². The first kappa shape index (κ1) is 18.3. The van der Waals surface area contributed by atoms with Crippen molar-refractivity contribution in [3.05, 3.63) is 35.4 Å². The molecule has 0 saturated heterocycles. The van der Waals surface area contributed by atoms with Gasteiger partial charge in [-0.2, -0.15) is 13.2 Å². The molecule has 0 aliphatic rings. The van der Waals surface area contributed by atoms with E-state index in [1.807, 2.05) is 0 Å². The van der Waals surface area contributed by atoms with Crippen LogP contribution >= 0.6 is 0 Å². The third kappa shape index (κ3) is 4.66. The third-order valence-corrected chi connectivity index (χ3v) is 3.09. The summed E-state index contributed by atoms with van der Waals surface area (Å²) in [5, 5.41) is 11.0. The molecule has 0 aromatic heterocycles. The van der Waals surface area contributed by atoms with Gasteiger partial charge in [0.25, 0.3) is 0 Å². The van der Waals surface area contributed by atoms with Crippen molar-refractivity contribution < 1.29 is 31.9 Å². The molecule has 1 amide bonds. The Morgan fingerprint density at radius 3 is 2.14 bits per heavy atom. The van der Waals surface area contributed by atoms with Gasteiger partial charge < -0.3 is 10.4 Å². The van der Waals surface area contributed by atoms with Crippen LogP contribution in [0.5, 0.6) is 0 Å². The Labute approximate surface area is 124 Å². The highest BCUT2D eigenvalue weighted by atomic mass is 19.4. The summed E-state index contributed by atoms with van der Waals surface area (Å²) in [4.78, 5) is 11.6. The van der Waals surface area contributed by atoms with Crippen molar-refractivity contribution in [2.24, 2.45) is 5.92 Å². The van der Waals surface area contributed by atoms with Crippen LogP contribution in [0.25, 0.3) is 0 Å². The number of aliphatic hydroxyl groups excluding tert-OH is 1. The van der Waals surface area contributed by atoms with E-state index < -0.39 is 47.8 Å². The summed E-state index contributed by atoms with van der Waals surface area (Å²) < 4.78 is 66.1. The molecule has 124 valence electrons. The van der Waals surface area contributed by atoms with E-state index in [9.17, 15) is 31.9 Å². The van der Waals surface area contributed by atoms with Gasteiger partial charge in [0.2, 0.25) is 5.91 Å². The number of halogens is 5. The van der Waals surface area contributed by atoms with Gasteiger partial charge in [-0.25, -0.2) is 8.78 Å². The Hall–Kier alpha value is -1.70. The molecule has 0 aliphatic heterocycles. The van der Waals surface area contributed by atoms with Crippen LogP contribution in [0.15, 0.2) is 18.2 Å². The Balaban J connectivity index is 3.04. The van der Waals surface area contributed by atoms with Gasteiger partial charge in [0, 0.05) is 0 Å². The van der Waals surface area contributed by atoms with E-state index in [1.165, 1.54) is 5.32 Å². The first-order valence-corrected chi connectivity index (χ1v) is 6.52. The number of aliphatic hydroxyl groups is 1. The third-order valence-electron chi connectivity index (χ3n) is 3.09. The van der Waals surface area contributed by atoms with E-state index in [0.717, 1.165) is 6.07 Å². The van der Waals surface area contributed by atoms with Crippen molar-refractivity contribution in [2.45, 2.75) is 38.6 Å². The molecule has 2 atom stereocenters. The van der Waals surface area contributed by atoms with Crippen molar-refractivity contribution >= 4 is 5.91 Å². The molecule has 1 aromatic rings. The van der Waals surface area contributed by atoms with Gasteiger partial charge in [-0.05, 0) is 18.1 Å². The molecule has 0 radical (unpaired) electrons. The number of carbonyl (C=O) groups is 1. The fourth-order valence-corrected chi connectivity index (χ4v) is 1.75. The average molecular weight is 325 g/mol. The van der Waals surface area contributed by atoms with E-state index in [2.05, 4.69) is 0 Å². The molecule has 0 bridgehead atoms. The van der Waals surface area contributed by atoms with Gasteiger partial charge in [0.15, 0.2) is 6.04 Å². The first-order valence-electron chi connectivity index (χ1n) is 6.52. The predicted octanol–water partition coefficient (Wildman–Crippen LogP) is 3.09. The summed E-state index contributed by atoms with van der Waals surface area (Å²) in [5.74, 6) is -4.31. The van der Waals surface area contributed by atoms with Crippen LogP contribution in [-0.2, 0) is 4.79 Å². The number of benzene rings is 1. The molecule has 22 heavy (non-hydrogen) atoms. The Kier molecular flexibility index (Phi) is 5.87. The zero-order valence-corrected chi connectivity index (χ0v) is 11.9. The lowest BCUT2D eigenvalue weighted by molar-refractivity contribution is -0.165. The SMILES string of the molecule is CC(C)[C@H](O)CC(=O)N[C@H](c1c(F)cccc1F)C(F)(F)F. The lowest BCUT2D eigenvalue weighted by atomic mass is 10.0. The Morgan fingerprint density at radius 2 is 1.73 bits per heavy atom. The van der Waals surface area contributed by atoms with Gasteiger partial charge in [-0.3, -0.25) is 4.79 Å². The smallest absolute Gasteiger partial charge is 0.392 e. The van der Waals surface area contributed by atoms with E-state index >= 15 is 0 Å². The van der Waals surface area contributed by atoms with Crippen molar-refractivity contribution in [1.82, 2.24) is 5.32 Å². The van der Waals surface area contributed by atoms with Crippen LogP contribution in [-0.4, -0.2) is 23.3 Å². The summed E-state index contributed by atoms with van der Waals surface area (Å²) >= 11 is 0. The van der Waals surface area contributed by atoms with Gasteiger partial charge in [0.05, 0.1) is 18.1 Å². The van der Waals surface area contributed by atoms with Crippen molar-refractivity contribution in [3.63, 3.8) is 0 Å². The number of hydrogen-bond donors (Lipinski definition) is 2. The van der Waals surface area contributed by atoms with Gasteiger partial charge >= 0.3 is 6.18 Å². The molecule has 3 nitrogen and oxygen atoms in total. The molecular formula is C14H16F5NO2. The fourth-order valence-electron chi connectivity index (χ4n) is 1.75. The monoisotopic (exact) mass is 325 g/mol. The van der Waals surface area contributed by atoms with Crippen molar-refractivity contribution in [3.8, 4) is 0 Å². The minimum atomic E-state index is -5.08. The van der Waals surface area contributed by atoms with Crippen LogP contribution in [0.4, 0.5) is 22.0 Å². The topological polar surface area (TPSA) is 49.3 Å². The van der Waals surface area contributed by atoms with E-state index in [0.29, 0.717) is 12.1 Å². The number of carbonyl (C=O) groups excluding carboxylic acids is 1. The maximum atomic E-state index is 13.5. The number of nitrogens with one attached hydrogen (secondary N) is 1. The summed E-state index contributed by atoms with van der Waals surface area (Å²) in [5.41, 5.74) is -1.28.